The molecular weight excluding hydrogens is 456 g/mol. The summed E-state index contributed by atoms with van der Waals surface area (Å²) in [5.74, 6) is 1.66. The third kappa shape index (κ3) is 6.21. The molecule has 1 atom stereocenters. The van der Waals surface area contributed by atoms with Gasteiger partial charge in [0.15, 0.2) is 0 Å². The average Bonchev–Trinajstić information content (AvgIpc) is 2.81. The van der Waals surface area contributed by atoms with Crippen LogP contribution in [0.3, 0.4) is 0 Å². The molecule has 1 fully saturated rings. The Labute approximate surface area is 212 Å². The second-order valence-electron chi connectivity index (χ2n) is 10.1. The molecule has 0 saturated carbocycles. The van der Waals surface area contributed by atoms with Crippen molar-refractivity contribution in [2.45, 2.75) is 59.1 Å². The van der Waals surface area contributed by atoms with Crippen LogP contribution in [0.4, 0.5) is 16.4 Å². The van der Waals surface area contributed by atoms with Crippen molar-refractivity contribution in [1.29, 1.82) is 0 Å². The second-order valence-corrected chi connectivity index (χ2v) is 10.1. The molecule has 4 rings (SSSR count). The van der Waals surface area contributed by atoms with E-state index in [-0.39, 0.29) is 12.1 Å². The van der Waals surface area contributed by atoms with E-state index in [4.69, 9.17) is 20.2 Å². The number of nitrogens with zero attached hydrogens (tertiary/aromatic N) is 4. The minimum atomic E-state index is -0.526. The van der Waals surface area contributed by atoms with Crippen LogP contribution in [-0.2, 0) is 4.74 Å². The van der Waals surface area contributed by atoms with E-state index in [2.05, 4.69) is 15.3 Å². The van der Waals surface area contributed by atoms with Gasteiger partial charge >= 0.3 is 6.09 Å². The van der Waals surface area contributed by atoms with Crippen LogP contribution < -0.4 is 15.8 Å². The van der Waals surface area contributed by atoms with E-state index >= 15 is 0 Å². The lowest BCUT2D eigenvalue weighted by atomic mass is 10.1. The number of likely N-dealkylation sites (tertiary alicyclic amines) is 1. The summed E-state index contributed by atoms with van der Waals surface area (Å²) in [6, 6.07) is 9.36. The summed E-state index contributed by atoms with van der Waals surface area (Å²) < 4.78 is 11.8. The molecule has 1 saturated heterocycles. The molecule has 0 spiro atoms. The zero-order valence-electron chi connectivity index (χ0n) is 21.5. The van der Waals surface area contributed by atoms with Gasteiger partial charge in [0, 0.05) is 37.2 Å². The summed E-state index contributed by atoms with van der Waals surface area (Å²) in [4.78, 5) is 27.9. The zero-order valence-corrected chi connectivity index (χ0v) is 21.5. The SMILES string of the molecule is Cc1cc(N)cc(C)c1Oc1ncccc1-c1ccnc(N[C@H]2CCCN(C(=O)OC(C)(C)C)C2)n1. The lowest BCUT2D eigenvalue weighted by Gasteiger charge is -2.34. The van der Waals surface area contributed by atoms with Crippen molar-refractivity contribution >= 4 is 17.7 Å². The van der Waals surface area contributed by atoms with Gasteiger partial charge in [0.1, 0.15) is 11.4 Å². The molecule has 9 heteroatoms. The zero-order chi connectivity index (χ0) is 25.9. The van der Waals surface area contributed by atoms with Gasteiger partial charge in [-0.15, -0.1) is 0 Å². The summed E-state index contributed by atoms with van der Waals surface area (Å²) in [6.07, 6.45) is 4.87. The summed E-state index contributed by atoms with van der Waals surface area (Å²) in [6.45, 7) is 10.7. The number of carbonyl (C=O) groups excluding carboxylic acids is 1. The number of pyridine rings is 1. The van der Waals surface area contributed by atoms with Gasteiger partial charge in [-0.05, 0) is 88.9 Å². The smallest absolute Gasteiger partial charge is 0.410 e. The highest BCUT2D eigenvalue weighted by Gasteiger charge is 2.28. The number of aryl methyl sites for hydroxylation is 2. The largest absolute Gasteiger partial charge is 0.444 e. The molecule has 1 amide bonds. The molecule has 1 aliphatic heterocycles. The second kappa shape index (κ2) is 10.4. The Bertz CT molecular complexity index is 1220. The van der Waals surface area contributed by atoms with E-state index in [1.165, 1.54) is 0 Å². The van der Waals surface area contributed by atoms with Gasteiger partial charge in [0.25, 0.3) is 0 Å². The number of nitrogen functional groups attached to an aromatic ring is 1. The van der Waals surface area contributed by atoms with Crippen LogP contribution in [0.1, 0.15) is 44.7 Å². The Balaban J connectivity index is 1.52. The summed E-state index contributed by atoms with van der Waals surface area (Å²) in [5.41, 5.74) is 9.42. The topological polar surface area (TPSA) is 115 Å². The van der Waals surface area contributed by atoms with Gasteiger partial charge in [-0.2, -0.15) is 0 Å². The fraction of sp³-hybridized carbons (Fsp3) is 0.407. The van der Waals surface area contributed by atoms with Gasteiger partial charge in [0.2, 0.25) is 11.8 Å². The highest BCUT2D eigenvalue weighted by Crippen LogP contribution is 2.34. The molecular formula is C27H34N6O3. The van der Waals surface area contributed by atoms with Gasteiger partial charge < -0.3 is 25.4 Å². The summed E-state index contributed by atoms with van der Waals surface area (Å²) in [5, 5.41) is 3.39. The van der Waals surface area contributed by atoms with Gasteiger partial charge in [-0.3, -0.25) is 0 Å². The van der Waals surface area contributed by atoms with Gasteiger partial charge in [0.05, 0.1) is 11.3 Å². The number of benzene rings is 1. The highest BCUT2D eigenvalue weighted by molar-refractivity contribution is 5.69. The molecule has 2 aromatic heterocycles. The molecule has 1 aromatic carbocycles. The first-order valence-electron chi connectivity index (χ1n) is 12.2. The van der Waals surface area contributed by atoms with Crippen molar-refractivity contribution in [2.24, 2.45) is 0 Å². The van der Waals surface area contributed by atoms with Crippen LogP contribution >= 0.6 is 0 Å². The molecule has 190 valence electrons. The Kier molecular flexibility index (Phi) is 7.28. The van der Waals surface area contributed by atoms with E-state index in [0.29, 0.717) is 36.3 Å². The van der Waals surface area contributed by atoms with Crippen molar-refractivity contribution < 1.29 is 14.3 Å². The Morgan fingerprint density at radius 3 is 2.61 bits per heavy atom. The van der Waals surface area contributed by atoms with E-state index < -0.39 is 5.60 Å². The number of ether oxygens (including phenoxy) is 2. The maximum atomic E-state index is 12.5. The minimum absolute atomic E-state index is 0.0196. The van der Waals surface area contributed by atoms with Crippen LogP contribution in [0.15, 0.2) is 42.7 Å². The first-order chi connectivity index (χ1) is 17.1. The summed E-state index contributed by atoms with van der Waals surface area (Å²) in [7, 11) is 0. The molecule has 0 bridgehead atoms. The first kappa shape index (κ1) is 25.2. The lowest BCUT2D eigenvalue weighted by molar-refractivity contribution is 0.0206. The third-order valence-corrected chi connectivity index (χ3v) is 5.79. The maximum absolute atomic E-state index is 12.5. The molecule has 0 radical (unpaired) electrons. The first-order valence-corrected chi connectivity index (χ1v) is 12.2. The van der Waals surface area contributed by atoms with Crippen molar-refractivity contribution in [3.8, 4) is 22.9 Å². The van der Waals surface area contributed by atoms with Crippen molar-refractivity contribution in [3.63, 3.8) is 0 Å². The van der Waals surface area contributed by atoms with Crippen LogP contribution in [0.25, 0.3) is 11.3 Å². The molecule has 3 N–H and O–H groups in total. The van der Waals surface area contributed by atoms with Crippen LogP contribution in [0.2, 0.25) is 0 Å². The molecule has 9 nitrogen and oxygen atoms in total. The lowest BCUT2D eigenvalue weighted by Crippen LogP contribution is -2.47. The number of hydrogen-bond acceptors (Lipinski definition) is 8. The number of carbonyl (C=O) groups is 1. The van der Waals surface area contributed by atoms with Crippen LogP contribution in [0, 0.1) is 13.8 Å². The predicted molar refractivity (Wildman–Crippen MR) is 140 cm³/mol. The predicted octanol–water partition coefficient (Wildman–Crippen LogP) is 5.34. The molecule has 36 heavy (non-hydrogen) atoms. The number of hydrogen-bond donors (Lipinski definition) is 2. The number of amides is 1. The van der Waals surface area contributed by atoms with Crippen molar-refractivity contribution in [1.82, 2.24) is 19.9 Å². The van der Waals surface area contributed by atoms with E-state index in [9.17, 15) is 4.79 Å². The monoisotopic (exact) mass is 490 g/mol. The standard InChI is InChI=1S/C27H34N6O3/c1-17-14-19(28)15-18(2)23(17)35-24-21(9-6-11-29-24)22-10-12-30-25(32-22)31-20-8-7-13-33(16-20)26(34)36-27(3,4)5/h6,9-12,14-15,20H,7-8,13,16,28H2,1-5H3,(H,30,31,32)/t20-/m0/s1. The van der Waals surface area contributed by atoms with E-state index in [0.717, 1.165) is 35.3 Å². The fourth-order valence-corrected chi connectivity index (χ4v) is 4.26. The van der Waals surface area contributed by atoms with Crippen LogP contribution in [0.5, 0.6) is 11.6 Å². The fourth-order valence-electron chi connectivity index (χ4n) is 4.26. The van der Waals surface area contributed by atoms with Crippen LogP contribution in [-0.4, -0.2) is 50.7 Å². The van der Waals surface area contributed by atoms with Gasteiger partial charge in [-0.1, -0.05) is 0 Å². The quantitative estimate of drug-likeness (QED) is 0.461. The van der Waals surface area contributed by atoms with Crippen molar-refractivity contribution in [3.05, 3.63) is 53.9 Å². The Morgan fingerprint density at radius 2 is 1.89 bits per heavy atom. The normalized spacial score (nSPS) is 15.9. The maximum Gasteiger partial charge on any atom is 0.410 e. The van der Waals surface area contributed by atoms with E-state index in [1.54, 1.807) is 17.3 Å². The number of piperidine rings is 1. The molecule has 0 aliphatic carbocycles. The molecule has 3 heterocycles. The molecule has 0 unspecified atom stereocenters. The number of nitrogens with two attached hydrogens (primary N) is 1. The number of nitrogens with one attached hydrogen (secondary N) is 1. The third-order valence-electron chi connectivity index (χ3n) is 5.79. The average molecular weight is 491 g/mol. The number of rotatable bonds is 5. The minimum Gasteiger partial charge on any atom is -0.444 e. The summed E-state index contributed by atoms with van der Waals surface area (Å²) >= 11 is 0. The Morgan fingerprint density at radius 1 is 1.14 bits per heavy atom. The highest BCUT2D eigenvalue weighted by atomic mass is 16.6. The number of aromatic nitrogens is 3. The Hall–Kier alpha value is -3.88. The van der Waals surface area contributed by atoms with Crippen molar-refractivity contribution in [2.75, 3.05) is 24.1 Å². The molecule has 1 aliphatic rings. The van der Waals surface area contributed by atoms with Gasteiger partial charge in [-0.25, -0.2) is 19.7 Å². The van der Waals surface area contributed by atoms with E-state index in [1.807, 2.05) is 65.0 Å². The number of anilines is 2. The molecule has 3 aromatic rings.